The molecule has 0 bridgehead atoms. The van der Waals surface area contributed by atoms with Gasteiger partial charge >= 0.3 is 0 Å². The van der Waals surface area contributed by atoms with Gasteiger partial charge in [0, 0.05) is 10.8 Å². The standard InChI is InChI=1S/C12H12N4S/c1-8-15-10(7-17-8)6-16-12-9(5-14-16)3-2-4-11(12)13/h2-5,7H,6,13H2,1H3. The van der Waals surface area contributed by atoms with E-state index in [4.69, 9.17) is 5.73 Å². The van der Waals surface area contributed by atoms with E-state index in [9.17, 15) is 0 Å². The average Bonchev–Trinajstić information content (AvgIpc) is 2.88. The molecule has 0 unspecified atom stereocenters. The van der Waals surface area contributed by atoms with Gasteiger partial charge in [-0.05, 0) is 13.0 Å². The number of aromatic nitrogens is 3. The van der Waals surface area contributed by atoms with Crippen molar-refractivity contribution in [2.45, 2.75) is 13.5 Å². The van der Waals surface area contributed by atoms with Crippen molar-refractivity contribution in [1.82, 2.24) is 14.8 Å². The number of rotatable bonds is 2. The maximum atomic E-state index is 5.98. The summed E-state index contributed by atoms with van der Waals surface area (Å²) in [5.41, 5.74) is 8.75. The molecule has 0 aliphatic heterocycles. The van der Waals surface area contributed by atoms with Crippen LogP contribution in [0.3, 0.4) is 0 Å². The predicted molar refractivity (Wildman–Crippen MR) is 70.1 cm³/mol. The van der Waals surface area contributed by atoms with Crippen LogP contribution in [0.2, 0.25) is 0 Å². The first-order valence-electron chi connectivity index (χ1n) is 5.35. The molecule has 0 radical (unpaired) electrons. The monoisotopic (exact) mass is 244 g/mol. The highest BCUT2D eigenvalue weighted by Gasteiger charge is 2.07. The summed E-state index contributed by atoms with van der Waals surface area (Å²) >= 11 is 1.65. The smallest absolute Gasteiger partial charge is 0.0916 e. The summed E-state index contributed by atoms with van der Waals surface area (Å²) < 4.78 is 1.90. The van der Waals surface area contributed by atoms with Gasteiger partial charge in [-0.25, -0.2) is 4.98 Å². The Morgan fingerprint density at radius 3 is 3.06 bits per heavy atom. The molecule has 1 aromatic carbocycles. The maximum Gasteiger partial charge on any atom is 0.0916 e. The highest BCUT2D eigenvalue weighted by molar-refractivity contribution is 7.09. The summed E-state index contributed by atoms with van der Waals surface area (Å²) in [5.74, 6) is 0. The second kappa shape index (κ2) is 3.85. The topological polar surface area (TPSA) is 56.7 Å². The molecule has 4 nitrogen and oxygen atoms in total. The van der Waals surface area contributed by atoms with Crippen LogP contribution in [0.4, 0.5) is 5.69 Å². The minimum absolute atomic E-state index is 0.669. The summed E-state index contributed by atoms with van der Waals surface area (Å²) in [6, 6.07) is 5.85. The minimum atomic E-state index is 0.669. The summed E-state index contributed by atoms with van der Waals surface area (Å²) in [5, 5.41) is 8.56. The Hall–Kier alpha value is -1.88. The second-order valence-corrected chi connectivity index (χ2v) is 5.01. The molecule has 0 aliphatic rings. The van der Waals surface area contributed by atoms with Gasteiger partial charge in [-0.2, -0.15) is 5.10 Å². The number of benzene rings is 1. The van der Waals surface area contributed by atoms with Crippen LogP contribution in [0.1, 0.15) is 10.7 Å². The van der Waals surface area contributed by atoms with Crippen LogP contribution in [0.5, 0.6) is 0 Å². The molecule has 2 N–H and O–H groups in total. The number of nitrogens with two attached hydrogens (primary N) is 1. The maximum absolute atomic E-state index is 5.98. The molecule has 0 saturated heterocycles. The summed E-state index contributed by atoms with van der Waals surface area (Å²) in [6.45, 7) is 2.67. The fourth-order valence-electron chi connectivity index (χ4n) is 1.93. The minimum Gasteiger partial charge on any atom is -0.397 e. The van der Waals surface area contributed by atoms with E-state index in [2.05, 4.69) is 15.5 Å². The van der Waals surface area contributed by atoms with Gasteiger partial charge < -0.3 is 5.73 Å². The number of hydrogen-bond acceptors (Lipinski definition) is 4. The molecule has 5 heteroatoms. The highest BCUT2D eigenvalue weighted by Crippen LogP contribution is 2.21. The van der Waals surface area contributed by atoms with Gasteiger partial charge in [0.25, 0.3) is 0 Å². The van der Waals surface area contributed by atoms with Crippen molar-refractivity contribution in [3.8, 4) is 0 Å². The second-order valence-electron chi connectivity index (χ2n) is 3.95. The van der Waals surface area contributed by atoms with E-state index in [0.717, 1.165) is 27.3 Å². The largest absolute Gasteiger partial charge is 0.397 e. The number of thiazole rings is 1. The Bertz CT molecular complexity index is 668. The SMILES string of the molecule is Cc1nc(Cn2ncc3cccc(N)c32)cs1. The van der Waals surface area contributed by atoms with Gasteiger partial charge in [0.1, 0.15) is 0 Å². The lowest BCUT2D eigenvalue weighted by Crippen LogP contribution is -2.03. The number of hydrogen-bond donors (Lipinski definition) is 1. The van der Waals surface area contributed by atoms with Gasteiger partial charge in [0.05, 0.1) is 34.6 Å². The van der Waals surface area contributed by atoms with E-state index >= 15 is 0 Å². The summed E-state index contributed by atoms with van der Waals surface area (Å²) in [4.78, 5) is 4.44. The lowest BCUT2D eigenvalue weighted by atomic mass is 10.2. The molecule has 2 heterocycles. The van der Waals surface area contributed by atoms with Crippen LogP contribution in [-0.4, -0.2) is 14.8 Å². The van der Waals surface area contributed by atoms with E-state index < -0.39 is 0 Å². The van der Waals surface area contributed by atoms with Crippen LogP contribution in [-0.2, 0) is 6.54 Å². The van der Waals surface area contributed by atoms with Crippen molar-refractivity contribution in [3.63, 3.8) is 0 Å². The number of aryl methyl sites for hydroxylation is 1. The quantitative estimate of drug-likeness (QED) is 0.704. The van der Waals surface area contributed by atoms with Crippen LogP contribution < -0.4 is 5.73 Å². The Kier molecular flexibility index (Phi) is 2.33. The molecule has 3 aromatic rings. The molecule has 17 heavy (non-hydrogen) atoms. The first-order chi connectivity index (χ1) is 8.24. The third kappa shape index (κ3) is 1.78. The van der Waals surface area contributed by atoms with Gasteiger partial charge in [-0.15, -0.1) is 11.3 Å². The molecule has 0 atom stereocenters. The zero-order valence-electron chi connectivity index (χ0n) is 9.42. The van der Waals surface area contributed by atoms with E-state index in [1.54, 1.807) is 11.3 Å². The first-order valence-corrected chi connectivity index (χ1v) is 6.23. The fourth-order valence-corrected chi connectivity index (χ4v) is 2.53. The van der Waals surface area contributed by atoms with Crippen LogP contribution in [0.25, 0.3) is 10.9 Å². The van der Waals surface area contributed by atoms with Crippen molar-refractivity contribution in [3.05, 3.63) is 40.5 Å². The fraction of sp³-hybridized carbons (Fsp3) is 0.167. The van der Waals surface area contributed by atoms with Crippen molar-refractivity contribution < 1.29 is 0 Å². The Morgan fingerprint density at radius 1 is 1.41 bits per heavy atom. The van der Waals surface area contributed by atoms with Crippen molar-refractivity contribution >= 4 is 27.9 Å². The van der Waals surface area contributed by atoms with Crippen LogP contribution >= 0.6 is 11.3 Å². The molecular formula is C12H12N4S. The van der Waals surface area contributed by atoms with Gasteiger partial charge in [0.15, 0.2) is 0 Å². The molecule has 0 saturated carbocycles. The Labute approximate surface area is 103 Å². The van der Waals surface area contributed by atoms with Crippen molar-refractivity contribution in [1.29, 1.82) is 0 Å². The molecule has 0 spiro atoms. The van der Waals surface area contributed by atoms with E-state index in [0.29, 0.717) is 6.54 Å². The van der Waals surface area contributed by atoms with Crippen LogP contribution in [0.15, 0.2) is 29.8 Å². The normalized spacial score (nSPS) is 11.1. The lowest BCUT2D eigenvalue weighted by Gasteiger charge is -2.03. The molecule has 86 valence electrons. The molecular weight excluding hydrogens is 232 g/mol. The highest BCUT2D eigenvalue weighted by atomic mass is 32.1. The van der Waals surface area contributed by atoms with E-state index in [1.165, 1.54) is 0 Å². The average molecular weight is 244 g/mol. The summed E-state index contributed by atoms with van der Waals surface area (Å²) in [7, 11) is 0. The van der Waals surface area contributed by atoms with Gasteiger partial charge in [-0.3, -0.25) is 4.68 Å². The first kappa shape index (κ1) is 10.3. The predicted octanol–water partition coefficient (Wildman–Crippen LogP) is 2.43. The molecule has 3 rings (SSSR count). The van der Waals surface area contributed by atoms with Crippen molar-refractivity contribution in [2.75, 3.05) is 5.73 Å². The van der Waals surface area contributed by atoms with Crippen LogP contribution in [0, 0.1) is 6.92 Å². The molecule has 0 fully saturated rings. The summed E-state index contributed by atoms with van der Waals surface area (Å²) in [6.07, 6.45) is 1.84. The molecule has 0 aliphatic carbocycles. The van der Waals surface area contributed by atoms with E-state index in [-0.39, 0.29) is 0 Å². The Balaban J connectivity index is 2.06. The number of para-hydroxylation sites is 1. The van der Waals surface area contributed by atoms with E-state index in [1.807, 2.05) is 36.0 Å². The van der Waals surface area contributed by atoms with Gasteiger partial charge in [0.2, 0.25) is 0 Å². The third-order valence-electron chi connectivity index (χ3n) is 2.67. The zero-order valence-corrected chi connectivity index (χ0v) is 10.2. The number of nitrogen functional groups attached to an aromatic ring is 1. The van der Waals surface area contributed by atoms with Gasteiger partial charge in [-0.1, -0.05) is 12.1 Å². The number of fused-ring (bicyclic) bond motifs is 1. The lowest BCUT2D eigenvalue weighted by molar-refractivity contribution is 0.699. The molecule has 2 aromatic heterocycles. The molecule has 0 amide bonds. The number of anilines is 1. The zero-order chi connectivity index (χ0) is 11.8. The third-order valence-corrected chi connectivity index (χ3v) is 3.49. The van der Waals surface area contributed by atoms with Crippen molar-refractivity contribution in [2.24, 2.45) is 0 Å². The number of nitrogens with zero attached hydrogens (tertiary/aromatic N) is 3. The Morgan fingerprint density at radius 2 is 2.29 bits per heavy atom.